The Labute approximate surface area is 158 Å². The second-order valence-corrected chi connectivity index (χ2v) is 5.31. The lowest BCUT2D eigenvalue weighted by atomic mass is 10.2. The molecule has 0 atom stereocenters. The van der Waals surface area contributed by atoms with Gasteiger partial charge in [0.2, 0.25) is 0 Å². The Kier molecular flexibility index (Phi) is 10.1. The number of morpholine rings is 1. The summed E-state index contributed by atoms with van der Waals surface area (Å²) in [6.45, 7) is 7.79. The highest BCUT2D eigenvalue weighted by Crippen LogP contribution is 2.10. The van der Waals surface area contributed by atoms with E-state index in [9.17, 15) is 8.78 Å². The van der Waals surface area contributed by atoms with Gasteiger partial charge in [0.15, 0.2) is 5.96 Å². The first-order valence-electron chi connectivity index (χ1n) is 7.95. The third-order valence-corrected chi connectivity index (χ3v) is 3.58. The van der Waals surface area contributed by atoms with Crippen molar-refractivity contribution in [1.82, 2.24) is 15.5 Å². The van der Waals surface area contributed by atoms with Gasteiger partial charge in [0.1, 0.15) is 11.6 Å². The van der Waals surface area contributed by atoms with E-state index in [1.807, 2.05) is 6.92 Å². The average Bonchev–Trinajstić information content (AvgIpc) is 2.56. The Hall–Kier alpha value is -1.00. The van der Waals surface area contributed by atoms with Crippen molar-refractivity contribution in [2.24, 2.45) is 4.99 Å². The molecule has 1 heterocycles. The Morgan fingerprint density at radius 2 is 2.00 bits per heavy atom. The average molecular weight is 454 g/mol. The quantitative estimate of drug-likeness (QED) is 0.392. The SMILES string of the molecule is CCNC(=NCc1cc(F)ccc1F)NCCN1CCOCC1.I. The predicted octanol–water partition coefficient (Wildman–Crippen LogP) is 1.97. The molecule has 2 rings (SSSR count). The molecule has 0 radical (unpaired) electrons. The van der Waals surface area contributed by atoms with E-state index in [4.69, 9.17) is 4.74 Å². The van der Waals surface area contributed by atoms with Crippen molar-refractivity contribution in [3.05, 3.63) is 35.4 Å². The molecule has 0 saturated carbocycles. The van der Waals surface area contributed by atoms with Crippen LogP contribution in [0.25, 0.3) is 0 Å². The Morgan fingerprint density at radius 3 is 2.71 bits per heavy atom. The van der Waals surface area contributed by atoms with Gasteiger partial charge in [0.05, 0.1) is 19.8 Å². The third kappa shape index (κ3) is 7.27. The van der Waals surface area contributed by atoms with Gasteiger partial charge in [-0.05, 0) is 25.1 Å². The number of benzene rings is 1. The van der Waals surface area contributed by atoms with Gasteiger partial charge in [0.25, 0.3) is 0 Å². The first kappa shape index (κ1) is 21.0. The predicted molar refractivity (Wildman–Crippen MR) is 102 cm³/mol. The Morgan fingerprint density at radius 1 is 1.25 bits per heavy atom. The summed E-state index contributed by atoms with van der Waals surface area (Å²) in [4.78, 5) is 6.62. The summed E-state index contributed by atoms with van der Waals surface area (Å²) < 4.78 is 32.1. The van der Waals surface area contributed by atoms with Gasteiger partial charge in [-0.2, -0.15) is 0 Å². The first-order valence-corrected chi connectivity index (χ1v) is 7.95. The van der Waals surface area contributed by atoms with Crippen LogP contribution in [0.3, 0.4) is 0 Å². The van der Waals surface area contributed by atoms with Gasteiger partial charge in [-0.3, -0.25) is 4.90 Å². The van der Waals surface area contributed by atoms with E-state index in [-0.39, 0.29) is 36.1 Å². The minimum atomic E-state index is -0.457. The molecule has 1 fully saturated rings. The maximum Gasteiger partial charge on any atom is 0.191 e. The minimum Gasteiger partial charge on any atom is -0.379 e. The minimum absolute atomic E-state index is 0. The van der Waals surface area contributed by atoms with Crippen molar-refractivity contribution >= 4 is 29.9 Å². The summed E-state index contributed by atoms with van der Waals surface area (Å²) in [6.07, 6.45) is 0. The van der Waals surface area contributed by atoms with Crippen LogP contribution in [0.4, 0.5) is 8.78 Å². The highest BCUT2D eigenvalue weighted by atomic mass is 127. The normalized spacial score (nSPS) is 15.7. The molecule has 8 heteroatoms. The Balaban J connectivity index is 0.00000288. The number of halogens is 3. The number of guanidine groups is 1. The largest absolute Gasteiger partial charge is 0.379 e. The first-order chi connectivity index (χ1) is 11.2. The molecule has 1 aliphatic rings. The Bertz CT molecular complexity index is 525. The maximum atomic E-state index is 13.6. The molecule has 1 aromatic carbocycles. The van der Waals surface area contributed by atoms with Gasteiger partial charge in [0, 0.05) is 38.3 Å². The van der Waals surface area contributed by atoms with E-state index < -0.39 is 11.6 Å². The summed E-state index contributed by atoms with van der Waals surface area (Å²) in [5.41, 5.74) is 0.246. The van der Waals surface area contributed by atoms with Crippen LogP contribution in [-0.2, 0) is 11.3 Å². The number of nitrogens with zero attached hydrogens (tertiary/aromatic N) is 2. The number of hydrogen-bond acceptors (Lipinski definition) is 3. The molecule has 1 saturated heterocycles. The maximum absolute atomic E-state index is 13.6. The number of aliphatic imine (C=N–C) groups is 1. The summed E-state index contributed by atoms with van der Waals surface area (Å²) in [5.74, 6) is -0.300. The zero-order chi connectivity index (χ0) is 16.5. The molecule has 1 aromatic rings. The van der Waals surface area contributed by atoms with Crippen molar-refractivity contribution in [1.29, 1.82) is 0 Å². The molecule has 2 N–H and O–H groups in total. The number of rotatable bonds is 6. The summed E-state index contributed by atoms with van der Waals surface area (Å²) in [5, 5.41) is 6.32. The van der Waals surface area contributed by atoms with E-state index in [1.54, 1.807) is 0 Å². The van der Waals surface area contributed by atoms with Gasteiger partial charge in [-0.25, -0.2) is 13.8 Å². The fourth-order valence-electron chi connectivity index (χ4n) is 2.33. The monoisotopic (exact) mass is 454 g/mol. The van der Waals surface area contributed by atoms with Gasteiger partial charge < -0.3 is 15.4 Å². The molecule has 0 aromatic heterocycles. The molecular formula is C16H25F2IN4O. The van der Waals surface area contributed by atoms with Crippen LogP contribution in [0.15, 0.2) is 23.2 Å². The van der Waals surface area contributed by atoms with Crippen molar-refractivity contribution in [3.8, 4) is 0 Å². The van der Waals surface area contributed by atoms with Crippen molar-refractivity contribution in [3.63, 3.8) is 0 Å². The van der Waals surface area contributed by atoms with Crippen molar-refractivity contribution in [2.45, 2.75) is 13.5 Å². The fourth-order valence-corrected chi connectivity index (χ4v) is 2.33. The second-order valence-electron chi connectivity index (χ2n) is 5.31. The van der Waals surface area contributed by atoms with Crippen LogP contribution in [0.5, 0.6) is 0 Å². The lowest BCUT2D eigenvalue weighted by molar-refractivity contribution is 0.0389. The molecule has 0 aliphatic carbocycles. The van der Waals surface area contributed by atoms with Crippen molar-refractivity contribution in [2.75, 3.05) is 45.9 Å². The van der Waals surface area contributed by atoms with E-state index >= 15 is 0 Å². The van der Waals surface area contributed by atoms with Crippen LogP contribution in [-0.4, -0.2) is 56.8 Å². The molecule has 0 spiro atoms. The smallest absolute Gasteiger partial charge is 0.191 e. The highest BCUT2D eigenvalue weighted by molar-refractivity contribution is 14.0. The lowest BCUT2D eigenvalue weighted by Crippen LogP contribution is -2.44. The van der Waals surface area contributed by atoms with Gasteiger partial charge >= 0.3 is 0 Å². The topological polar surface area (TPSA) is 48.9 Å². The van der Waals surface area contributed by atoms with Crippen molar-refractivity contribution < 1.29 is 13.5 Å². The molecular weight excluding hydrogens is 429 g/mol. The van der Waals surface area contributed by atoms with E-state index in [0.29, 0.717) is 12.5 Å². The zero-order valence-corrected chi connectivity index (χ0v) is 16.2. The number of nitrogens with one attached hydrogen (secondary N) is 2. The molecule has 24 heavy (non-hydrogen) atoms. The van der Waals surface area contributed by atoms with Gasteiger partial charge in [-0.1, -0.05) is 0 Å². The molecule has 136 valence electrons. The van der Waals surface area contributed by atoms with E-state index in [0.717, 1.165) is 51.5 Å². The van der Waals surface area contributed by atoms with Crippen LogP contribution < -0.4 is 10.6 Å². The highest BCUT2D eigenvalue weighted by Gasteiger charge is 2.10. The van der Waals surface area contributed by atoms with E-state index in [2.05, 4.69) is 20.5 Å². The van der Waals surface area contributed by atoms with E-state index in [1.165, 1.54) is 6.07 Å². The molecule has 0 unspecified atom stereocenters. The summed E-state index contributed by atoms with van der Waals surface area (Å²) in [7, 11) is 0. The summed E-state index contributed by atoms with van der Waals surface area (Å²) >= 11 is 0. The van der Waals surface area contributed by atoms with Crippen LogP contribution in [0.2, 0.25) is 0 Å². The third-order valence-electron chi connectivity index (χ3n) is 3.58. The van der Waals surface area contributed by atoms with Crippen LogP contribution in [0.1, 0.15) is 12.5 Å². The number of ether oxygens (including phenoxy) is 1. The second kappa shape index (κ2) is 11.5. The lowest BCUT2D eigenvalue weighted by Gasteiger charge is -2.26. The van der Waals surface area contributed by atoms with Crippen LogP contribution >= 0.6 is 24.0 Å². The fraction of sp³-hybridized carbons (Fsp3) is 0.562. The van der Waals surface area contributed by atoms with Gasteiger partial charge in [-0.15, -0.1) is 24.0 Å². The molecule has 1 aliphatic heterocycles. The summed E-state index contributed by atoms with van der Waals surface area (Å²) in [6, 6.07) is 3.41. The molecule has 0 amide bonds. The molecule has 0 bridgehead atoms. The van der Waals surface area contributed by atoms with Crippen LogP contribution in [0, 0.1) is 11.6 Å². The number of hydrogen-bond donors (Lipinski definition) is 2. The zero-order valence-electron chi connectivity index (χ0n) is 13.9. The standard InChI is InChI=1S/C16H24F2N4O.HI/c1-2-19-16(20-5-6-22-7-9-23-10-8-22)21-12-13-11-14(17)3-4-15(13)18;/h3-4,11H,2,5-10,12H2,1H3,(H2,19,20,21);1H. The molecule has 5 nitrogen and oxygen atoms in total.